The summed E-state index contributed by atoms with van der Waals surface area (Å²) in [6.07, 6.45) is 5.70. The smallest absolute Gasteiger partial charge is 0.260 e. The van der Waals surface area contributed by atoms with Crippen molar-refractivity contribution in [1.29, 1.82) is 0 Å². The zero-order chi connectivity index (χ0) is 22.2. The number of carbonyl (C=O) groups excluding carboxylic acids is 1. The number of nitrogens with one attached hydrogen (secondary N) is 2. The van der Waals surface area contributed by atoms with Crippen LogP contribution < -0.4 is 10.6 Å². The Morgan fingerprint density at radius 3 is 2.41 bits per heavy atom. The van der Waals surface area contributed by atoms with E-state index >= 15 is 0 Å². The first-order valence-electron chi connectivity index (χ1n) is 9.28. The highest BCUT2D eigenvalue weighted by molar-refractivity contribution is 6.30. The van der Waals surface area contributed by atoms with E-state index in [1.807, 2.05) is 27.7 Å². The summed E-state index contributed by atoms with van der Waals surface area (Å²) >= 11 is 5.77. The van der Waals surface area contributed by atoms with E-state index in [1.165, 1.54) is 18.3 Å². The highest BCUT2D eigenvalue weighted by Crippen LogP contribution is 2.15. The molecule has 2 aromatic heterocycles. The summed E-state index contributed by atoms with van der Waals surface area (Å²) in [6, 6.07) is 6.50. The van der Waals surface area contributed by atoms with Crippen molar-refractivity contribution in [2.24, 2.45) is 0 Å². The molecule has 2 rings (SSSR count). The minimum Gasteiger partial charge on any atom is -0.365 e. The number of rotatable bonds is 7. The minimum atomic E-state index is -0.561. The third-order valence-electron chi connectivity index (χ3n) is 3.00. The van der Waals surface area contributed by atoms with Gasteiger partial charge < -0.3 is 10.6 Å². The van der Waals surface area contributed by atoms with Crippen molar-refractivity contribution in [2.75, 3.05) is 17.2 Å². The van der Waals surface area contributed by atoms with Gasteiger partial charge in [0.15, 0.2) is 0 Å². The topological polar surface area (TPSA) is 66.9 Å². The Morgan fingerprint density at radius 2 is 1.83 bits per heavy atom. The molecule has 0 aliphatic carbocycles. The molecule has 0 radical (unpaired) electrons. The molecule has 29 heavy (non-hydrogen) atoms. The molecule has 0 saturated carbocycles. The van der Waals surface area contributed by atoms with Crippen molar-refractivity contribution >= 4 is 29.1 Å². The minimum absolute atomic E-state index is 0.292. The van der Waals surface area contributed by atoms with Crippen LogP contribution in [0.4, 0.5) is 16.0 Å². The van der Waals surface area contributed by atoms with E-state index in [0.717, 1.165) is 0 Å². The molecular weight excluding hydrogens is 391 g/mol. The number of nitrogens with zero attached hydrogens (tertiary/aromatic N) is 2. The first kappa shape index (κ1) is 26.0. The summed E-state index contributed by atoms with van der Waals surface area (Å²) in [5, 5.41) is 6.14. The summed E-state index contributed by atoms with van der Waals surface area (Å²) < 4.78 is 12.6. The van der Waals surface area contributed by atoms with Gasteiger partial charge >= 0.3 is 0 Å². The lowest BCUT2D eigenvalue weighted by molar-refractivity contribution is 0.102. The van der Waals surface area contributed by atoms with Crippen molar-refractivity contribution in [3.05, 3.63) is 84.0 Å². The van der Waals surface area contributed by atoms with Gasteiger partial charge in [0.2, 0.25) is 0 Å². The van der Waals surface area contributed by atoms with Gasteiger partial charge in [-0.3, -0.25) is 4.79 Å². The molecule has 0 spiro atoms. The van der Waals surface area contributed by atoms with Crippen LogP contribution in [-0.2, 0) is 0 Å². The van der Waals surface area contributed by atoms with Crippen molar-refractivity contribution in [1.82, 2.24) is 9.97 Å². The number of halogens is 2. The Balaban J connectivity index is 0.00000184. The summed E-state index contributed by atoms with van der Waals surface area (Å²) in [5.41, 5.74) is 0.945. The first-order chi connectivity index (χ1) is 14.0. The van der Waals surface area contributed by atoms with Gasteiger partial charge in [0.25, 0.3) is 5.91 Å². The first-order valence-corrected chi connectivity index (χ1v) is 9.65. The summed E-state index contributed by atoms with van der Waals surface area (Å²) in [6.45, 7) is 15.2. The molecule has 156 valence electrons. The van der Waals surface area contributed by atoms with Gasteiger partial charge in [-0.1, -0.05) is 58.5 Å². The Morgan fingerprint density at radius 1 is 1.14 bits per heavy atom. The summed E-state index contributed by atoms with van der Waals surface area (Å²) in [7, 11) is 0. The van der Waals surface area contributed by atoms with Gasteiger partial charge in [-0.25, -0.2) is 14.4 Å². The van der Waals surface area contributed by atoms with Gasteiger partial charge in [0.05, 0.1) is 10.6 Å². The van der Waals surface area contributed by atoms with Crippen LogP contribution in [0.2, 0.25) is 5.02 Å². The van der Waals surface area contributed by atoms with Gasteiger partial charge in [0.1, 0.15) is 17.5 Å². The van der Waals surface area contributed by atoms with Crippen LogP contribution in [0.3, 0.4) is 0 Å². The van der Waals surface area contributed by atoms with Gasteiger partial charge in [-0.2, -0.15) is 0 Å². The average Bonchev–Trinajstić information content (AvgIpc) is 2.75. The highest BCUT2D eigenvalue weighted by atomic mass is 35.5. The Kier molecular flexibility index (Phi) is 13.4. The third kappa shape index (κ3) is 10.2. The highest BCUT2D eigenvalue weighted by Gasteiger charge is 2.13. The fourth-order valence-electron chi connectivity index (χ4n) is 1.83. The van der Waals surface area contributed by atoms with Crippen LogP contribution in [0, 0.1) is 0 Å². The average molecular weight is 419 g/mol. The second-order valence-electron chi connectivity index (χ2n) is 5.01. The van der Waals surface area contributed by atoms with Crippen molar-refractivity contribution in [3.8, 4) is 0 Å². The van der Waals surface area contributed by atoms with Gasteiger partial charge in [-0.05, 0) is 35.9 Å². The van der Waals surface area contributed by atoms with E-state index in [1.54, 1.807) is 30.5 Å². The standard InChI is InChI=1S/C18H16ClFN4O.2C2H6/c1-12(5-6-13(2)20)10-23-17-15(4-3-9-21-17)18(25)24-16-8-7-14(19)11-22-16;2*1-2/h3-9,11H,1-2,10H2,(H,21,23)(H,22,24,25);2*1-2H3/b6-5-;;. The SMILES string of the molecule is C=C(F)/C=C\C(=C)CNc1ncccc1C(=O)Nc1ccc(Cl)cn1.CC.CC. The lowest BCUT2D eigenvalue weighted by Gasteiger charge is -2.11. The largest absolute Gasteiger partial charge is 0.365 e. The Labute approximate surface area is 177 Å². The third-order valence-corrected chi connectivity index (χ3v) is 3.23. The summed E-state index contributed by atoms with van der Waals surface area (Å²) in [5.74, 6) is -0.182. The van der Waals surface area contributed by atoms with Crippen LogP contribution in [0.15, 0.2) is 73.4 Å². The van der Waals surface area contributed by atoms with Crippen LogP contribution in [0.5, 0.6) is 0 Å². The fourth-order valence-corrected chi connectivity index (χ4v) is 1.94. The number of carbonyl (C=O) groups is 1. The molecule has 2 N–H and O–H groups in total. The van der Waals surface area contributed by atoms with E-state index in [2.05, 4.69) is 33.8 Å². The summed E-state index contributed by atoms with van der Waals surface area (Å²) in [4.78, 5) is 20.6. The van der Waals surface area contributed by atoms with E-state index in [9.17, 15) is 9.18 Å². The maximum Gasteiger partial charge on any atom is 0.260 e. The monoisotopic (exact) mass is 418 g/mol. The number of aromatic nitrogens is 2. The number of pyridine rings is 2. The second-order valence-corrected chi connectivity index (χ2v) is 5.44. The van der Waals surface area contributed by atoms with Crippen LogP contribution in [0.1, 0.15) is 38.1 Å². The normalized spacial score (nSPS) is 9.45. The number of hydrogen-bond donors (Lipinski definition) is 2. The molecule has 0 aliphatic rings. The predicted octanol–water partition coefficient (Wildman–Crippen LogP) is 6.44. The fraction of sp³-hybridized carbons (Fsp3) is 0.227. The molecule has 0 aromatic carbocycles. The molecule has 0 aliphatic heterocycles. The van der Waals surface area contributed by atoms with E-state index in [-0.39, 0.29) is 5.91 Å². The van der Waals surface area contributed by atoms with Crippen LogP contribution in [-0.4, -0.2) is 22.4 Å². The Bertz CT molecular complexity index is 820. The second kappa shape index (κ2) is 15.0. The van der Waals surface area contributed by atoms with Crippen molar-refractivity contribution in [2.45, 2.75) is 27.7 Å². The zero-order valence-electron chi connectivity index (χ0n) is 17.3. The maximum atomic E-state index is 12.6. The van der Waals surface area contributed by atoms with Crippen LogP contribution in [0.25, 0.3) is 0 Å². The molecule has 2 heterocycles. The van der Waals surface area contributed by atoms with Crippen molar-refractivity contribution in [3.63, 3.8) is 0 Å². The molecule has 0 bridgehead atoms. The van der Waals surface area contributed by atoms with E-state index in [4.69, 9.17) is 11.6 Å². The lowest BCUT2D eigenvalue weighted by Crippen LogP contribution is -2.17. The van der Waals surface area contributed by atoms with Gasteiger partial charge in [0, 0.05) is 18.9 Å². The molecule has 2 aromatic rings. The molecule has 0 atom stereocenters. The number of allylic oxidation sites excluding steroid dienone is 2. The molecule has 0 unspecified atom stereocenters. The molecule has 0 saturated heterocycles. The van der Waals surface area contributed by atoms with E-state index < -0.39 is 5.83 Å². The van der Waals surface area contributed by atoms with E-state index in [0.29, 0.717) is 34.3 Å². The van der Waals surface area contributed by atoms with Crippen LogP contribution >= 0.6 is 11.6 Å². The Hall–Kier alpha value is -2.99. The zero-order valence-corrected chi connectivity index (χ0v) is 18.1. The lowest BCUT2D eigenvalue weighted by atomic mass is 10.2. The predicted molar refractivity (Wildman–Crippen MR) is 121 cm³/mol. The number of anilines is 2. The molecule has 1 amide bonds. The maximum absolute atomic E-state index is 12.6. The molecular formula is C22H28ClFN4O. The van der Waals surface area contributed by atoms with Gasteiger partial charge in [-0.15, -0.1) is 0 Å². The van der Waals surface area contributed by atoms with Crippen molar-refractivity contribution < 1.29 is 9.18 Å². The quantitative estimate of drug-likeness (QED) is 0.507. The molecule has 5 nitrogen and oxygen atoms in total. The molecule has 0 fully saturated rings. The number of amides is 1. The number of hydrogen-bond acceptors (Lipinski definition) is 4. The molecule has 7 heteroatoms.